The van der Waals surface area contributed by atoms with Crippen molar-refractivity contribution in [2.75, 3.05) is 46.6 Å². The third-order valence-electron chi connectivity index (χ3n) is 4.60. The highest BCUT2D eigenvalue weighted by Crippen LogP contribution is 2.02. The van der Waals surface area contributed by atoms with Gasteiger partial charge in [-0.2, -0.15) is 0 Å². The van der Waals surface area contributed by atoms with Crippen molar-refractivity contribution in [1.29, 1.82) is 0 Å². The van der Waals surface area contributed by atoms with Gasteiger partial charge >= 0.3 is 17.9 Å². The van der Waals surface area contributed by atoms with E-state index in [9.17, 15) is 19.2 Å². The first-order valence-electron chi connectivity index (χ1n) is 12.0. The molecule has 36 heavy (non-hydrogen) atoms. The van der Waals surface area contributed by atoms with Gasteiger partial charge in [0.1, 0.15) is 12.4 Å². The number of Topliss-reactive ketones (excluding diaryl/α,β-unsaturated/α-hetero) is 1. The molecule has 0 fully saturated rings. The van der Waals surface area contributed by atoms with Crippen molar-refractivity contribution in [3.05, 3.63) is 35.4 Å². The van der Waals surface area contributed by atoms with E-state index >= 15 is 0 Å². The maximum absolute atomic E-state index is 11.7. The Kier molecular flexibility index (Phi) is 16.9. The molecule has 1 aromatic carbocycles. The molecule has 0 aliphatic heterocycles. The van der Waals surface area contributed by atoms with Gasteiger partial charge in [0.2, 0.25) is 0 Å². The number of aliphatic imine (C=N–C) groups is 2. The van der Waals surface area contributed by atoms with Crippen molar-refractivity contribution in [3.8, 4) is 0 Å². The number of nitrogens with zero attached hydrogens (tertiary/aromatic N) is 2. The van der Waals surface area contributed by atoms with Crippen LogP contribution in [0, 0.1) is 0 Å². The number of ketones is 1. The highest BCUT2D eigenvalue weighted by Gasteiger charge is 2.09. The summed E-state index contributed by atoms with van der Waals surface area (Å²) < 4.78 is 20.0. The lowest BCUT2D eigenvalue weighted by molar-refractivity contribution is -0.150. The van der Waals surface area contributed by atoms with Gasteiger partial charge in [0.15, 0.2) is 0 Å². The molecule has 1 rings (SSSR count). The number of hydrogen-bond acceptors (Lipinski definition) is 10. The van der Waals surface area contributed by atoms with Crippen LogP contribution in [-0.4, -0.2) is 82.7 Å². The molecule has 0 heterocycles. The maximum Gasteiger partial charge on any atom is 0.306 e. The van der Waals surface area contributed by atoms with Crippen LogP contribution in [0.15, 0.2) is 34.3 Å². The van der Waals surface area contributed by atoms with Gasteiger partial charge < -0.3 is 23.7 Å². The lowest BCUT2D eigenvalue weighted by Gasteiger charge is -2.06. The standard InChI is InChI=1S/C26H36N2O8/c1-21(29)5-10-24(30)34-15-3-4-16-35-25(31)11-12-26(32)36-18-14-28-20-23-8-6-22(7-9-23)19-27-13-17-33-2/h6-9,19-20H,3-5,10-18H2,1-2H3/b27-19+,28-20+. The minimum Gasteiger partial charge on any atom is -0.466 e. The van der Waals surface area contributed by atoms with Crippen molar-refractivity contribution in [2.24, 2.45) is 9.98 Å². The topological polar surface area (TPSA) is 130 Å². The van der Waals surface area contributed by atoms with Gasteiger partial charge in [-0.05, 0) is 30.9 Å². The first-order valence-corrected chi connectivity index (χ1v) is 12.0. The smallest absolute Gasteiger partial charge is 0.306 e. The number of unbranched alkanes of at least 4 members (excludes halogenated alkanes) is 1. The predicted molar refractivity (Wildman–Crippen MR) is 134 cm³/mol. The van der Waals surface area contributed by atoms with Crippen LogP contribution < -0.4 is 0 Å². The molecule has 1 aromatic rings. The molecule has 0 aliphatic carbocycles. The van der Waals surface area contributed by atoms with Crippen molar-refractivity contribution in [2.45, 2.75) is 45.4 Å². The van der Waals surface area contributed by atoms with Gasteiger partial charge in [0, 0.05) is 26.0 Å². The number of benzene rings is 1. The van der Waals surface area contributed by atoms with Crippen LogP contribution in [-0.2, 0) is 38.1 Å². The molecule has 0 unspecified atom stereocenters. The zero-order valence-electron chi connectivity index (χ0n) is 21.1. The summed E-state index contributed by atoms with van der Waals surface area (Å²) in [7, 11) is 1.64. The Labute approximate surface area is 212 Å². The van der Waals surface area contributed by atoms with E-state index in [1.54, 1.807) is 19.5 Å². The molecule has 0 saturated heterocycles. The van der Waals surface area contributed by atoms with Crippen LogP contribution in [0.2, 0.25) is 0 Å². The van der Waals surface area contributed by atoms with Gasteiger partial charge in [0.25, 0.3) is 0 Å². The van der Waals surface area contributed by atoms with E-state index in [1.807, 2.05) is 24.3 Å². The second kappa shape index (κ2) is 19.9. The average molecular weight is 505 g/mol. The predicted octanol–water partition coefficient (Wildman–Crippen LogP) is 2.73. The first-order chi connectivity index (χ1) is 17.4. The number of carbonyl (C=O) groups is 4. The zero-order chi connectivity index (χ0) is 26.4. The molecule has 0 saturated carbocycles. The Balaban J connectivity index is 2.06. The van der Waals surface area contributed by atoms with Crippen LogP contribution in [0.5, 0.6) is 0 Å². The van der Waals surface area contributed by atoms with E-state index in [-0.39, 0.29) is 51.3 Å². The molecule has 10 nitrogen and oxygen atoms in total. The summed E-state index contributed by atoms with van der Waals surface area (Å²) in [5.74, 6) is -1.46. The van der Waals surface area contributed by atoms with Gasteiger partial charge in [-0.1, -0.05) is 24.3 Å². The number of hydrogen-bond donors (Lipinski definition) is 0. The molecule has 0 amide bonds. The van der Waals surface area contributed by atoms with E-state index in [0.29, 0.717) is 32.5 Å². The number of methoxy groups -OCH3 is 1. The van der Waals surface area contributed by atoms with Crippen molar-refractivity contribution < 1.29 is 38.1 Å². The normalized spacial score (nSPS) is 11.1. The average Bonchev–Trinajstić information content (AvgIpc) is 2.86. The fraction of sp³-hybridized carbons (Fsp3) is 0.538. The fourth-order valence-electron chi connectivity index (χ4n) is 2.64. The van der Waals surface area contributed by atoms with E-state index in [1.165, 1.54) is 6.92 Å². The van der Waals surface area contributed by atoms with Crippen LogP contribution in [0.1, 0.15) is 56.6 Å². The van der Waals surface area contributed by atoms with E-state index in [4.69, 9.17) is 18.9 Å². The largest absolute Gasteiger partial charge is 0.466 e. The third kappa shape index (κ3) is 17.1. The summed E-state index contributed by atoms with van der Waals surface area (Å²) in [6, 6.07) is 7.71. The lowest BCUT2D eigenvalue weighted by Crippen LogP contribution is -2.13. The van der Waals surface area contributed by atoms with Gasteiger partial charge in [-0.25, -0.2) is 0 Å². The van der Waals surface area contributed by atoms with Crippen LogP contribution >= 0.6 is 0 Å². The minimum absolute atomic E-state index is 0.0605. The number of esters is 3. The number of ether oxygens (including phenoxy) is 4. The molecule has 0 bridgehead atoms. The molecule has 10 heteroatoms. The molecule has 0 N–H and O–H groups in total. The molecule has 0 radical (unpaired) electrons. The molecule has 0 aliphatic rings. The highest BCUT2D eigenvalue weighted by atomic mass is 16.5. The van der Waals surface area contributed by atoms with Crippen LogP contribution in [0.4, 0.5) is 0 Å². The van der Waals surface area contributed by atoms with Crippen LogP contribution in [0.3, 0.4) is 0 Å². The summed E-state index contributed by atoms with van der Waals surface area (Å²) in [5, 5.41) is 0. The maximum atomic E-state index is 11.7. The van der Waals surface area contributed by atoms with E-state index in [0.717, 1.165) is 11.1 Å². The molecule has 0 aromatic heterocycles. The molecule has 198 valence electrons. The summed E-state index contributed by atoms with van der Waals surface area (Å²) in [5.41, 5.74) is 1.91. The van der Waals surface area contributed by atoms with Gasteiger partial charge in [-0.15, -0.1) is 0 Å². The Bertz CT molecular complexity index is 865. The highest BCUT2D eigenvalue weighted by molar-refractivity contribution is 5.84. The summed E-state index contributed by atoms with van der Waals surface area (Å²) in [4.78, 5) is 54.1. The van der Waals surface area contributed by atoms with Crippen molar-refractivity contribution in [3.63, 3.8) is 0 Å². The molecular weight excluding hydrogens is 468 g/mol. The number of carbonyl (C=O) groups excluding carboxylic acids is 4. The first kappa shape index (κ1) is 30.6. The van der Waals surface area contributed by atoms with Crippen molar-refractivity contribution in [1.82, 2.24) is 0 Å². The Morgan fingerprint density at radius 1 is 0.667 bits per heavy atom. The summed E-state index contributed by atoms with van der Waals surface area (Å²) in [6.45, 7) is 3.44. The van der Waals surface area contributed by atoms with E-state index < -0.39 is 17.9 Å². The summed E-state index contributed by atoms with van der Waals surface area (Å²) >= 11 is 0. The fourth-order valence-corrected chi connectivity index (χ4v) is 2.64. The van der Waals surface area contributed by atoms with E-state index in [2.05, 4.69) is 9.98 Å². The minimum atomic E-state index is -0.490. The quantitative estimate of drug-likeness (QED) is 0.122. The zero-order valence-corrected chi connectivity index (χ0v) is 21.1. The Hall–Kier alpha value is -3.40. The second-order valence-corrected chi connectivity index (χ2v) is 7.80. The monoisotopic (exact) mass is 504 g/mol. The van der Waals surface area contributed by atoms with Crippen molar-refractivity contribution >= 4 is 36.1 Å². The third-order valence-corrected chi connectivity index (χ3v) is 4.60. The van der Waals surface area contributed by atoms with Crippen LogP contribution in [0.25, 0.3) is 0 Å². The Morgan fingerprint density at radius 2 is 1.08 bits per heavy atom. The van der Waals surface area contributed by atoms with Gasteiger partial charge in [-0.3, -0.25) is 24.4 Å². The molecular formula is C26H36N2O8. The second-order valence-electron chi connectivity index (χ2n) is 7.80. The summed E-state index contributed by atoms with van der Waals surface area (Å²) in [6.07, 6.45) is 4.67. The molecule has 0 atom stereocenters. The lowest BCUT2D eigenvalue weighted by atomic mass is 10.1. The molecule has 0 spiro atoms. The SMILES string of the molecule is COCC/N=C/c1ccc(/C=N/CCOC(=O)CCC(=O)OCCCCOC(=O)CCC(C)=O)cc1. The van der Waals surface area contributed by atoms with Gasteiger partial charge in [0.05, 0.1) is 52.2 Å². The Morgan fingerprint density at radius 3 is 1.53 bits per heavy atom. The number of rotatable bonds is 19.